The topological polar surface area (TPSA) is 53.1 Å². The fraction of sp³-hybridized carbons (Fsp3) is 0.100. The molecule has 1 heterocycles. The van der Waals surface area contributed by atoms with E-state index < -0.39 is 5.97 Å². The van der Waals surface area contributed by atoms with Gasteiger partial charge in [0, 0.05) is 22.0 Å². The Morgan fingerprint density at radius 1 is 1.50 bits per heavy atom. The molecule has 0 radical (unpaired) electrons. The number of hydrogen-bond donors (Lipinski definition) is 2. The number of aromatic nitrogens is 1. The number of hydrogen-bond acceptors (Lipinski definition) is 2. The number of thioether (sulfide) groups is 1. The second kappa shape index (κ2) is 3.38. The first-order valence-corrected chi connectivity index (χ1v) is 5.33. The van der Waals surface area contributed by atoms with E-state index in [2.05, 4.69) is 4.98 Å². The fourth-order valence-corrected chi connectivity index (χ4v) is 1.85. The number of fused-ring (bicyclic) bond motifs is 1. The van der Waals surface area contributed by atoms with Gasteiger partial charge >= 0.3 is 5.97 Å². The molecule has 72 valence electrons. The van der Waals surface area contributed by atoms with Crippen molar-refractivity contribution in [2.24, 2.45) is 0 Å². The molecule has 3 nitrogen and oxygen atoms in total. The van der Waals surface area contributed by atoms with Gasteiger partial charge in [-0.3, -0.25) is 0 Å². The van der Waals surface area contributed by atoms with Gasteiger partial charge in [0.2, 0.25) is 0 Å². The van der Waals surface area contributed by atoms with Crippen molar-refractivity contribution in [3.8, 4) is 0 Å². The van der Waals surface area contributed by atoms with Crippen LogP contribution in [0.15, 0.2) is 29.3 Å². The summed E-state index contributed by atoms with van der Waals surface area (Å²) in [4.78, 5) is 14.9. The molecule has 2 aromatic rings. The van der Waals surface area contributed by atoms with Gasteiger partial charge in [-0.05, 0) is 18.4 Å². The molecule has 1 aromatic heterocycles. The second-order valence-electron chi connectivity index (χ2n) is 2.92. The van der Waals surface area contributed by atoms with Crippen LogP contribution in [0.2, 0.25) is 0 Å². The quantitative estimate of drug-likeness (QED) is 0.744. The second-order valence-corrected chi connectivity index (χ2v) is 3.80. The van der Waals surface area contributed by atoms with E-state index in [1.807, 2.05) is 24.5 Å². The van der Waals surface area contributed by atoms with Crippen LogP contribution < -0.4 is 0 Å². The van der Waals surface area contributed by atoms with Gasteiger partial charge in [-0.15, -0.1) is 11.8 Å². The van der Waals surface area contributed by atoms with Crippen LogP contribution in [0.3, 0.4) is 0 Å². The summed E-state index contributed by atoms with van der Waals surface area (Å²) in [6.07, 6.45) is 3.51. The average molecular weight is 207 g/mol. The van der Waals surface area contributed by atoms with Crippen molar-refractivity contribution < 1.29 is 9.90 Å². The van der Waals surface area contributed by atoms with Crippen molar-refractivity contribution >= 4 is 28.6 Å². The standard InChI is InChI=1S/C10H9NO2S/c1-14-6-2-3-7-8(10(12)13)5-11-9(7)4-6/h2-5,11H,1H3,(H,12,13). The lowest BCUT2D eigenvalue weighted by Gasteiger charge is -1.96. The van der Waals surface area contributed by atoms with Gasteiger partial charge in [0.1, 0.15) is 0 Å². The maximum Gasteiger partial charge on any atom is 0.337 e. The van der Waals surface area contributed by atoms with Crippen LogP contribution >= 0.6 is 11.8 Å². The molecule has 14 heavy (non-hydrogen) atoms. The van der Waals surface area contributed by atoms with Crippen LogP contribution in [-0.2, 0) is 0 Å². The lowest BCUT2D eigenvalue weighted by molar-refractivity contribution is 0.0699. The number of aromatic carboxylic acids is 1. The summed E-state index contributed by atoms with van der Waals surface area (Å²) in [7, 11) is 0. The van der Waals surface area contributed by atoms with Gasteiger partial charge in [-0.1, -0.05) is 6.07 Å². The number of H-pyrrole nitrogens is 1. The van der Waals surface area contributed by atoms with Crippen molar-refractivity contribution in [2.75, 3.05) is 6.26 Å². The Balaban J connectivity index is 2.65. The van der Waals surface area contributed by atoms with E-state index in [0.29, 0.717) is 5.56 Å². The van der Waals surface area contributed by atoms with E-state index in [1.54, 1.807) is 11.8 Å². The minimum absolute atomic E-state index is 0.327. The van der Waals surface area contributed by atoms with Crippen LogP contribution in [0.5, 0.6) is 0 Å². The first-order chi connectivity index (χ1) is 6.72. The highest BCUT2D eigenvalue weighted by atomic mass is 32.2. The summed E-state index contributed by atoms with van der Waals surface area (Å²) in [5.74, 6) is -0.895. The molecular formula is C10H9NO2S. The third-order valence-electron chi connectivity index (χ3n) is 2.12. The summed E-state index contributed by atoms with van der Waals surface area (Å²) in [6.45, 7) is 0. The highest BCUT2D eigenvalue weighted by Gasteiger charge is 2.09. The Bertz CT molecular complexity index is 490. The molecule has 0 amide bonds. The number of rotatable bonds is 2. The van der Waals surface area contributed by atoms with Crippen molar-refractivity contribution in [3.05, 3.63) is 30.0 Å². The average Bonchev–Trinajstić information content (AvgIpc) is 2.59. The predicted octanol–water partition coefficient (Wildman–Crippen LogP) is 2.59. The van der Waals surface area contributed by atoms with Gasteiger partial charge in [0.25, 0.3) is 0 Å². The van der Waals surface area contributed by atoms with Crippen molar-refractivity contribution in [1.29, 1.82) is 0 Å². The van der Waals surface area contributed by atoms with E-state index in [0.717, 1.165) is 15.8 Å². The number of carboxylic acids is 1. The van der Waals surface area contributed by atoms with Crippen LogP contribution in [0.25, 0.3) is 10.9 Å². The molecule has 4 heteroatoms. The van der Waals surface area contributed by atoms with E-state index in [-0.39, 0.29) is 0 Å². The van der Waals surface area contributed by atoms with Gasteiger partial charge in [-0.2, -0.15) is 0 Å². The summed E-state index contributed by atoms with van der Waals surface area (Å²) in [5.41, 5.74) is 1.20. The zero-order valence-electron chi connectivity index (χ0n) is 7.57. The molecule has 1 aromatic carbocycles. The minimum Gasteiger partial charge on any atom is -0.478 e. The molecular weight excluding hydrogens is 198 g/mol. The third-order valence-corrected chi connectivity index (χ3v) is 2.84. The maximum atomic E-state index is 10.8. The molecule has 0 fully saturated rings. The largest absolute Gasteiger partial charge is 0.478 e. The van der Waals surface area contributed by atoms with E-state index >= 15 is 0 Å². The smallest absolute Gasteiger partial charge is 0.337 e. The number of carboxylic acid groups (broad SMARTS) is 1. The summed E-state index contributed by atoms with van der Waals surface area (Å²) < 4.78 is 0. The number of benzene rings is 1. The molecule has 0 bridgehead atoms. The normalized spacial score (nSPS) is 10.6. The highest BCUT2D eigenvalue weighted by molar-refractivity contribution is 7.98. The van der Waals surface area contributed by atoms with Gasteiger partial charge in [-0.25, -0.2) is 4.79 Å². The molecule has 2 N–H and O–H groups in total. The lowest BCUT2D eigenvalue weighted by Crippen LogP contribution is -1.93. The number of carbonyl (C=O) groups is 1. The van der Waals surface area contributed by atoms with Gasteiger partial charge in [0.05, 0.1) is 5.56 Å². The third kappa shape index (κ3) is 1.37. The predicted molar refractivity (Wildman–Crippen MR) is 57.0 cm³/mol. The van der Waals surface area contributed by atoms with Crippen LogP contribution in [0.4, 0.5) is 0 Å². The van der Waals surface area contributed by atoms with E-state index in [1.165, 1.54) is 6.20 Å². The summed E-state index contributed by atoms with van der Waals surface area (Å²) >= 11 is 1.63. The highest BCUT2D eigenvalue weighted by Crippen LogP contribution is 2.23. The molecule has 0 atom stereocenters. The molecule has 0 saturated carbocycles. The molecule has 2 rings (SSSR count). The van der Waals surface area contributed by atoms with Crippen molar-refractivity contribution in [2.45, 2.75) is 4.90 Å². The molecule has 0 unspecified atom stereocenters. The maximum absolute atomic E-state index is 10.8. The Morgan fingerprint density at radius 2 is 2.29 bits per heavy atom. The van der Waals surface area contributed by atoms with Crippen molar-refractivity contribution in [1.82, 2.24) is 4.98 Å². The van der Waals surface area contributed by atoms with E-state index in [4.69, 9.17) is 5.11 Å². The van der Waals surface area contributed by atoms with E-state index in [9.17, 15) is 4.79 Å². The lowest BCUT2D eigenvalue weighted by atomic mass is 10.2. The zero-order valence-corrected chi connectivity index (χ0v) is 8.39. The molecule has 0 aliphatic heterocycles. The van der Waals surface area contributed by atoms with Crippen LogP contribution in [-0.4, -0.2) is 22.3 Å². The summed E-state index contributed by atoms with van der Waals surface area (Å²) in [5, 5.41) is 9.63. The molecule has 0 saturated heterocycles. The Hall–Kier alpha value is -1.42. The SMILES string of the molecule is CSc1ccc2c(C(=O)O)c[nH]c2c1. The van der Waals surface area contributed by atoms with Crippen LogP contribution in [0.1, 0.15) is 10.4 Å². The first-order valence-electron chi connectivity index (χ1n) is 4.11. The number of nitrogens with one attached hydrogen (secondary N) is 1. The van der Waals surface area contributed by atoms with Crippen molar-refractivity contribution in [3.63, 3.8) is 0 Å². The molecule has 0 aliphatic rings. The zero-order chi connectivity index (χ0) is 10.1. The first kappa shape index (κ1) is 9.15. The van der Waals surface area contributed by atoms with Gasteiger partial charge < -0.3 is 10.1 Å². The monoisotopic (exact) mass is 207 g/mol. The molecule has 0 spiro atoms. The Labute approximate surface area is 85.1 Å². The van der Waals surface area contributed by atoms with Gasteiger partial charge in [0.15, 0.2) is 0 Å². The fourth-order valence-electron chi connectivity index (χ4n) is 1.41. The van der Waals surface area contributed by atoms with Crippen LogP contribution in [0, 0.1) is 0 Å². The molecule has 0 aliphatic carbocycles. The minimum atomic E-state index is -0.895. The Morgan fingerprint density at radius 3 is 2.93 bits per heavy atom. The number of aromatic amines is 1. The Kier molecular flexibility index (Phi) is 2.21. The summed E-state index contributed by atoms with van der Waals surface area (Å²) in [6, 6.07) is 5.71.